The summed E-state index contributed by atoms with van der Waals surface area (Å²) in [5.74, 6) is 0.868. The lowest BCUT2D eigenvalue weighted by molar-refractivity contribution is 0.331. The van der Waals surface area contributed by atoms with Gasteiger partial charge in [0.2, 0.25) is 0 Å². The number of thiazole rings is 1. The number of hydrogen-bond acceptors (Lipinski definition) is 4. The van der Waals surface area contributed by atoms with Gasteiger partial charge in [-0.25, -0.2) is 9.98 Å². The summed E-state index contributed by atoms with van der Waals surface area (Å²) in [6, 6.07) is 8.90. The molecule has 2 N–H and O–H groups in total. The van der Waals surface area contributed by atoms with Crippen LogP contribution in [-0.4, -0.2) is 42.0 Å². The number of aliphatic imine (C=N–C) groups is 1. The first-order valence-electron chi connectivity index (χ1n) is 9.96. The number of aryl methyl sites for hydroxylation is 1. The zero-order chi connectivity index (χ0) is 18.9. The van der Waals surface area contributed by atoms with Gasteiger partial charge in [-0.05, 0) is 50.9 Å². The molecule has 1 aromatic carbocycles. The maximum atomic E-state index is 4.72. The van der Waals surface area contributed by atoms with Crippen LogP contribution in [-0.2, 0) is 19.5 Å². The van der Waals surface area contributed by atoms with Crippen molar-refractivity contribution in [1.29, 1.82) is 0 Å². The van der Waals surface area contributed by atoms with Gasteiger partial charge in [-0.2, -0.15) is 0 Å². The summed E-state index contributed by atoms with van der Waals surface area (Å²) in [6.45, 7) is 10.1. The Balaban J connectivity index is 0.00000280. The van der Waals surface area contributed by atoms with E-state index in [0.717, 1.165) is 32.0 Å². The first-order valence-corrected chi connectivity index (χ1v) is 10.8. The van der Waals surface area contributed by atoms with Gasteiger partial charge < -0.3 is 10.6 Å². The standard InChI is InChI=1S/C21H31N5S.HI/c1-3-22-21(23-11-10-20-24-14-17(2)27-20)25-15-18-6-8-19(9-7-18)16-26-12-4-5-13-26;/h6-9,14H,3-5,10-13,15-16H2,1-2H3,(H2,22,23,25);1H. The van der Waals surface area contributed by atoms with E-state index in [1.807, 2.05) is 6.20 Å². The summed E-state index contributed by atoms with van der Waals surface area (Å²) in [5.41, 5.74) is 2.64. The Morgan fingerprint density at radius 1 is 1.14 bits per heavy atom. The lowest BCUT2D eigenvalue weighted by Crippen LogP contribution is -2.38. The second-order valence-electron chi connectivity index (χ2n) is 7.04. The molecule has 1 aliphatic rings. The van der Waals surface area contributed by atoms with Crippen LogP contribution in [0, 0.1) is 6.92 Å². The highest BCUT2D eigenvalue weighted by Crippen LogP contribution is 2.14. The van der Waals surface area contributed by atoms with Crippen molar-refractivity contribution in [2.24, 2.45) is 4.99 Å². The SMILES string of the molecule is CCNC(=NCc1ccc(CN2CCCC2)cc1)NCCc1ncc(C)s1.I. The number of hydrogen-bond donors (Lipinski definition) is 2. The molecule has 28 heavy (non-hydrogen) atoms. The van der Waals surface area contributed by atoms with Gasteiger partial charge in [-0.15, -0.1) is 35.3 Å². The summed E-state index contributed by atoms with van der Waals surface area (Å²) in [4.78, 5) is 12.9. The van der Waals surface area contributed by atoms with Crippen molar-refractivity contribution >= 4 is 41.3 Å². The van der Waals surface area contributed by atoms with Crippen LogP contribution in [0.3, 0.4) is 0 Å². The van der Waals surface area contributed by atoms with E-state index in [0.29, 0.717) is 6.54 Å². The molecule has 2 heterocycles. The average Bonchev–Trinajstić information content (AvgIpc) is 3.33. The Bertz CT molecular complexity index is 723. The van der Waals surface area contributed by atoms with E-state index in [1.165, 1.54) is 46.9 Å². The van der Waals surface area contributed by atoms with Crippen molar-refractivity contribution in [2.45, 2.75) is 46.2 Å². The second-order valence-corrected chi connectivity index (χ2v) is 8.36. The Morgan fingerprint density at radius 3 is 2.50 bits per heavy atom. The number of nitrogens with one attached hydrogen (secondary N) is 2. The van der Waals surface area contributed by atoms with Crippen molar-refractivity contribution in [2.75, 3.05) is 26.2 Å². The molecule has 5 nitrogen and oxygen atoms in total. The zero-order valence-electron chi connectivity index (χ0n) is 16.9. The molecule has 3 rings (SSSR count). The van der Waals surface area contributed by atoms with Gasteiger partial charge in [0.15, 0.2) is 5.96 Å². The molecule has 7 heteroatoms. The minimum Gasteiger partial charge on any atom is -0.357 e. The van der Waals surface area contributed by atoms with Crippen LogP contribution in [0.4, 0.5) is 0 Å². The van der Waals surface area contributed by atoms with Gasteiger partial charge in [0.25, 0.3) is 0 Å². The number of aromatic nitrogens is 1. The molecule has 154 valence electrons. The first kappa shape index (κ1) is 23.1. The van der Waals surface area contributed by atoms with E-state index in [4.69, 9.17) is 4.99 Å². The molecule has 1 fully saturated rings. The fourth-order valence-corrected chi connectivity index (χ4v) is 4.05. The van der Waals surface area contributed by atoms with Crippen LogP contribution >= 0.6 is 35.3 Å². The van der Waals surface area contributed by atoms with Crippen molar-refractivity contribution in [3.8, 4) is 0 Å². The molecule has 0 saturated carbocycles. The molecular formula is C21H32IN5S. The van der Waals surface area contributed by atoms with Crippen molar-refractivity contribution in [3.63, 3.8) is 0 Å². The topological polar surface area (TPSA) is 52.6 Å². The summed E-state index contributed by atoms with van der Waals surface area (Å²) in [7, 11) is 0. The van der Waals surface area contributed by atoms with E-state index in [2.05, 4.69) is 58.6 Å². The number of nitrogens with zero attached hydrogens (tertiary/aromatic N) is 3. The quantitative estimate of drug-likeness (QED) is 0.319. The third-order valence-electron chi connectivity index (χ3n) is 4.69. The van der Waals surface area contributed by atoms with Gasteiger partial charge in [-0.1, -0.05) is 24.3 Å². The Morgan fingerprint density at radius 2 is 1.86 bits per heavy atom. The number of likely N-dealkylation sites (tertiary alicyclic amines) is 1. The van der Waals surface area contributed by atoms with Crippen LogP contribution in [0.25, 0.3) is 0 Å². The molecule has 0 atom stereocenters. The molecule has 0 aliphatic carbocycles. The molecule has 0 bridgehead atoms. The van der Waals surface area contributed by atoms with E-state index in [9.17, 15) is 0 Å². The maximum absolute atomic E-state index is 4.72. The predicted octanol–water partition coefficient (Wildman–Crippen LogP) is 3.96. The molecule has 1 saturated heterocycles. The third-order valence-corrected chi connectivity index (χ3v) is 5.66. The molecule has 1 aromatic heterocycles. The fourth-order valence-electron chi connectivity index (χ4n) is 3.27. The molecular weight excluding hydrogens is 481 g/mol. The van der Waals surface area contributed by atoms with Gasteiger partial charge in [-0.3, -0.25) is 4.90 Å². The van der Waals surface area contributed by atoms with Crippen molar-refractivity contribution in [1.82, 2.24) is 20.5 Å². The molecule has 0 radical (unpaired) electrons. The van der Waals surface area contributed by atoms with Crippen LogP contribution in [0.2, 0.25) is 0 Å². The second kappa shape index (κ2) is 12.4. The first-order chi connectivity index (χ1) is 13.2. The molecule has 0 unspecified atom stereocenters. The summed E-state index contributed by atoms with van der Waals surface area (Å²) in [6.07, 6.45) is 5.55. The van der Waals surface area contributed by atoms with Crippen LogP contribution < -0.4 is 10.6 Å². The van der Waals surface area contributed by atoms with Crippen LogP contribution in [0.1, 0.15) is 40.8 Å². The summed E-state index contributed by atoms with van der Waals surface area (Å²) < 4.78 is 0. The highest BCUT2D eigenvalue weighted by Gasteiger charge is 2.11. The van der Waals surface area contributed by atoms with Gasteiger partial charge in [0.1, 0.15) is 0 Å². The Kier molecular flexibility index (Phi) is 10.2. The van der Waals surface area contributed by atoms with Crippen molar-refractivity contribution < 1.29 is 0 Å². The third kappa shape index (κ3) is 7.67. The average molecular weight is 513 g/mol. The minimum atomic E-state index is 0. The van der Waals surface area contributed by atoms with Crippen LogP contribution in [0.5, 0.6) is 0 Å². The smallest absolute Gasteiger partial charge is 0.191 e. The highest BCUT2D eigenvalue weighted by atomic mass is 127. The zero-order valence-corrected chi connectivity index (χ0v) is 20.1. The van der Waals surface area contributed by atoms with E-state index in [-0.39, 0.29) is 24.0 Å². The predicted molar refractivity (Wildman–Crippen MR) is 130 cm³/mol. The van der Waals surface area contributed by atoms with E-state index < -0.39 is 0 Å². The largest absolute Gasteiger partial charge is 0.357 e. The Hall–Kier alpha value is -1.19. The number of guanidine groups is 1. The molecule has 2 aromatic rings. The molecule has 1 aliphatic heterocycles. The normalized spacial score (nSPS) is 14.7. The number of benzene rings is 1. The van der Waals surface area contributed by atoms with E-state index >= 15 is 0 Å². The van der Waals surface area contributed by atoms with Gasteiger partial charge >= 0.3 is 0 Å². The van der Waals surface area contributed by atoms with Crippen LogP contribution in [0.15, 0.2) is 35.5 Å². The summed E-state index contributed by atoms with van der Waals surface area (Å²) in [5, 5.41) is 7.90. The molecule has 0 spiro atoms. The lowest BCUT2D eigenvalue weighted by Gasteiger charge is -2.14. The van der Waals surface area contributed by atoms with Gasteiger partial charge in [0.05, 0.1) is 11.6 Å². The number of rotatable bonds is 8. The maximum Gasteiger partial charge on any atom is 0.191 e. The molecule has 0 amide bonds. The van der Waals surface area contributed by atoms with Gasteiger partial charge in [0, 0.05) is 37.1 Å². The summed E-state index contributed by atoms with van der Waals surface area (Å²) >= 11 is 1.76. The number of halogens is 1. The minimum absolute atomic E-state index is 0. The highest BCUT2D eigenvalue weighted by molar-refractivity contribution is 14.0. The fraction of sp³-hybridized carbons (Fsp3) is 0.524. The lowest BCUT2D eigenvalue weighted by atomic mass is 10.1. The van der Waals surface area contributed by atoms with Crippen molar-refractivity contribution in [3.05, 3.63) is 51.5 Å². The van der Waals surface area contributed by atoms with E-state index in [1.54, 1.807) is 11.3 Å². The monoisotopic (exact) mass is 513 g/mol. The Labute approximate surface area is 190 Å².